The molecule has 1 saturated heterocycles. The van der Waals surface area contributed by atoms with Gasteiger partial charge in [-0.05, 0) is 41.8 Å². The number of aryl methyl sites for hydroxylation is 1. The SMILES string of the molecule is CC1Cc2cc(C([O-])=C3C(=O)C(=O)N(CCC[n+]4cc[nH]c4)C3c3cccnc3)ccc2O1. The fraction of sp³-hybridized carbons (Fsp3) is 0.280. The minimum Gasteiger partial charge on any atom is -0.872 e. The molecule has 2 aliphatic heterocycles. The van der Waals surface area contributed by atoms with Crippen LogP contribution in [0.4, 0.5) is 0 Å². The number of aromatic amines is 1. The van der Waals surface area contributed by atoms with Gasteiger partial charge in [0.1, 0.15) is 24.2 Å². The molecule has 8 nitrogen and oxygen atoms in total. The van der Waals surface area contributed by atoms with Crippen LogP contribution in [0, 0.1) is 0 Å². The van der Waals surface area contributed by atoms with Crippen LogP contribution >= 0.6 is 0 Å². The van der Waals surface area contributed by atoms with Gasteiger partial charge in [-0.2, -0.15) is 0 Å². The standard InChI is InChI=1S/C25H24N4O4/c1-16-12-19-13-17(5-6-20(19)33-16)23(30)21-22(18-4-2-7-26-14-18)29(25(32)24(21)31)10-3-9-28-11-8-27-15-28/h2,4-8,11,13-16,22H,3,9-10,12H2,1H3,(H,30,31). The van der Waals surface area contributed by atoms with Crippen molar-refractivity contribution in [2.45, 2.75) is 38.5 Å². The monoisotopic (exact) mass is 444 g/mol. The van der Waals surface area contributed by atoms with E-state index in [1.807, 2.05) is 30.2 Å². The number of nitrogens with zero attached hydrogens (tertiary/aromatic N) is 3. The lowest BCUT2D eigenvalue weighted by atomic mass is 9.95. The number of likely N-dealkylation sites (tertiary alicyclic amines) is 1. The van der Waals surface area contributed by atoms with Gasteiger partial charge in [-0.15, -0.1) is 0 Å². The van der Waals surface area contributed by atoms with E-state index in [0.29, 0.717) is 37.1 Å². The highest BCUT2D eigenvalue weighted by molar-refractivity contribution is 6.46. The number of carbonyl (C=O) groups excluding carboxylic acids is 2. The van der Waals surface area contributed by atoms with Crippen LogP contribution < -0.4 is 14.4 Å². The molecule has 33 heavy (non-hydrogen) atoms. The van der Waals surface area contributed by atoms with Gasteiger partial charge in [-0.25, -0.2) is 4.57 Å². The molecule has 1 aromatic carbocycles. The summed E-state index contributed by atoms with van der Waals surface area (Å²) in [7, 11) is 0. The van der Waals surface area contributed by atoms with Crippen LogP contribution in [-0.2, 0) is 22.6 Å². The minimum absolute atomic E-state index is 0.0192. The number of hydrogen-bond donors (Lipinski definition) is 1. The molecule has 1 fully saturated rings. The molecular formula is C25H24N4O4. The highest BCUT2D eigenvalue weighted by Gasteiger charge is 2.44. The number of nitrogens with one attached hydrogen (secondary N) is 1. The summed E-state index contributed by atoms with van der Waals surface area (Å²) in [6.07, 6.45) is 10.2. The second kappa shape index (κ2) is 8.54. The van der Waals surface area contributed by atoms with Crippen LogP contribution in [-0.4, -0.2) is 39.2 Å². The number of ether oxygens (including phenoxy) is 1. The molecule has 0 spiro atoms. The van der Waals surface area contributed by atoms with Gasteiger partial charge in [0.15, 0.2) is 0 Å². The Morgan fingerprint density at radius 2 is 2.21 bits per heavy atom. The zero-order valence-corrected chi connectivity index (χ0v) is 18.2. The maximum absolute atomic E-state index is 13.6. The second-order valence-corrected chi connectivity index (χ2v) is 8.42. The van der Waals surface area contributed by atoms with Crippen LogP contribution in [0.3, 0.4) is 0 Å². The first-order valence-corrected chi connectivity index (χ1v) is 11.0. The second-order valence-electron chi connectivity index (χ2n) is 8.42. The van der Waals surface area contributed by atoms with E-state index in [1.54, 1.807) is 42.7 Å². The first-order chi connectivity index (χ1) is 16.0. The van der Waals surface area contributed by atoms with Crippen molar-refractivity contribution in [1.82, 2.24) is 14.9 Å². The first-order valence-electron chi connectivity index (χ1n) is 11.0. The summed E-state index contributed by atoms with van der Waals surface area (Å²) >= 11 is 0. The maximum Gasteiger partial charge on any atom is 0.295 e. The Balaban J connectivity index is 1.51. The number of H-pyrrole nitrogens is 1. The van der Waals surface area contributed by atoms with Crippen molar-refractivity contribution in [1.29, 1.82) is 0 Å². The van der Waals surface area contributed by atoms with Crippen LogP contribution in [0.1, 0.15) is 36.1 Å². The summed E-state index contributed by atoms with van der Waals surface area (Å²) in [4.78, 5) is 34.7. The summed E-state index contributed by atoms with van der Waals surface area (Å²) in [6, 6.07) is 7.98. The van der Waals surface area contributed by atoms with Gasteiger partial charge in [-0.3, -0.25) is 19.6 Å². The highest BCUT2D eigenvalue weighted by atomic mass is 16.5. The molecule has 0 saturated carbocycles. The molecular weight excluding hydrogens is 420 g/mol. The molecule has 8 heteroatoms. The third kappa shape index (κ3) is 3.88. The van der Waals surface area contributed by atoms with Crippen molar-refractivity contribution < 1.29 is 24.0 Å². The van der Waals surface area contributed by atoms with Crippen molar-refractivity contribution in [3.8, 4) is 5.75 Å². The lowest BCUT2D eigenvalue weighted by Gasteiger charge is -2.27. The van der Waals surface area contributed by atoms with Crippen molar-refractivity contribution in [3.05, 3.63) is 83.7 Å². The van der Waals surface area contributed by atoms with Crippen LogP contribution in [0.25, 0.3) is 5.76 Å². The molecule has 2 aromatic heterocycles. The number of hydrogen-bond acceptors (Lipinski definition) is 5. The van der Waals surface area contributed by atoms with Crippen LogP contribution in [0.15, 0.2) is 67.0 Å². The molecule has 2 aliphatic rings. The number of fused-ring (bicyclic) bond motifs is 1. The van der Waals surface area contributed by atoms with Gasteiger partial charge in [0.05, 0.1) is 12.6 Å². The molecule has 1 N–H and O–H groups in total. The quantitative estimate of drug-likeness (QED) is 0.268. The number of carbonyl (C=O) groups is 2. The van der Waals surface area contributed by atoms with E-state index in [2.05, 4.69) is 9.97 Å². The predicted molar refractivity (Wildman–Crippen MR) is 116 cm³/mol. The van der Waals surface area contributed by atoms with E-state index < -0.39 is 23.5 Å². The van der Waals surface area contributed by atoms with Gasteiger partial charge in [0, 0.05) is 37.4 Å². The molecule has 1 amide bonds. The summed E-state index contributed by atoms with van der Waals surface area (Å²) in [5.41, 5.74) is 1.95. The summed E-state index contributed by atoms with van der Waals surface area (Å²) in [5, 5.41) is 13.6. The lowest BCUT2D eigenvalue weighted by Crippen LogP contribution is -2.36. The van der Waals surface area contributed by atoms with Crippen molar-refractivity contribution in [3.63, 3.8) is 0 Å². The fourth-order valence-electron chi connectivity index (χ4n) is 4.59. The molecule has 3 aromatic rings. The van der Waals surface area contributed by atoms with E-state index in [1.165, 1.54) is 4.90 Å². The zero-order chi connectivity index (χ0) is 22.9. The van der Waals surface area contributed by atoms with E-state index in [4.69, 9.17) is 4.74 Å². The third-order valence-corrected chi connectivity index (χ3v) is 6.11. The molecule has 5 rings (SSSR count). The van der Waals surface area contributed by atoms with Crippen molar-refractivity contribution >= 4 is 17.4 Å². The average molecular weight is 444 g/mol. The number of Topliss-reactive ketones (excluding diaryl/α,β-unsaturated/α-hetero) is 1. The Kier molecular flexibility index (Phi) is 5.42. The highest BCUT2D eigenvalue weighted by Crippen LogP contribution is 2.39. The molecule has 0 bridgehead atoms. The smallest absolute Gasteiger partial charge is 0.295 e. The number of aromatic nitrogens is 3. The topological polar surface area (TPSA) is 102 Å². The van der Waals surface area contributed by atoms with E-state index >= 15 is 0 Å². The number of amides is 1. The molecule has 0 radical (unpaired) electrons. The number of rotatable bonds is 6. The number of pyridine rings is 1. The third-order valence-electron chi connectivity index (χ3n) is 6.11. The van der Waals surface area contributed by atoms with Crippen molar-refractivity contribution in [2.24, 2.45) is 0 Å². The van der Waals surface area contributed by atoms with Gasteiger partial charge >= 0.3 is 0 Å². The predicted octanol–water partition coefficient (Wildman–Crippen LogP) is 1.33. The Morgan fingerprint density at radius 1 is 1.33 bits per heavy atom. The van der Waals surface area contributed by atoms with E-state index in [-0.39, 0.29) is 11.7 Å². The lowest BCUT2D eigenvalue weighted by molar-refractivity contribution is -0.695. The zero-order valence-electron chi connectivity index (χ0n) is 18.2. The summed E-state index contributed by atoms with van der Waals surface area (Å²) in [5.74, 6) is -1.06. The van der Waals surface area contributed by atoms with E-state index in [9.17, 15) is 14.7 Å². The van der Waals surface area contributed by atoms with Crippen LogP contribution in [0.2, 0.25) is 0 Å². The minimum atomic E-state index is -0.758. The van der Waals surface area contributed by atoms with Gasteiger partial charge in [-0.1, -0.05) is 17.9 Å². The normalized spacial score (nSPS) is 21.3. The Hall–Kier alpha value is -3.94. The molecule has 2 unspecified atom stereocenters. The molecule has 0 aliphatic carbocycles. The van der Waals surface area contributed by atoms with E-state index in [0.717, 1.165) is 11.3 Å². The summed E-state index contributed by atoms with van der Waals surface area (Å²) in [6.45, 7) is 2.99. The number of benzene rings is 1. The average Bonchev–Trinajstić information content (AvgIpc) is 3.53. The van der Waals surface area contributed by atoms with Crippen molar-refractivity contribution in [2.75, 3.05) is 6.54 Å². The Morgan fingerprint density at radius 3 is 2.97 bits per heavy atom. The van der Waals surface area contributed by atoms with Gasteiger partial charge < -0.3 is 14.7 Å². The van der Waals surface area contributed by atoms with Gasteiger partial charge in [0.2, 0.25) is 12.1 Å². The first kappa shape index (κ1) is 20.9. The Bertz CT molecular complexity index is 1220. The largest absolute Gasteiger partial charge is 0.872 e. The molecule has 2 atom stereocenters. The van der Waals surface area contributed by atoms with Crippen LogP contribution in [0.5, 0.6) is 5.75 Å². The summed E-state index contributed by atoms with van der Waals surface area (Å²) < 4.78 is 7.69. The number of imidazole rings is 1. The Labute approximate surface area is 191 Å². The van der Waals surface area contributed by atoms with Gasteiger partial charge in [0.25, 0.3) is 5.91 Å². The molecule has 4 heterocycles. The molecule has 168 valence electrons. The number of ketones is 1. The fourth-order valence-corrected chi connectivity index (χ4v) is 4.59. The maximum atomic E-state index is 13.6.